The minimum atomic E-state index is -3.48. The largest absolute Gasteiger partial charge is 0.397 e. The molecule has 4 nitrogen and oxygen atoms in total. The first kappa shape index (κ1) is 14.6. The summed E-state index contributed by atoms with van der Waals surface area (Å²) < 4.78 is 26.8. The molecule has 1 aliphatic heterocycles. The summed E-state index contributed by atoms with van der Waals surface area (Å²) in [4.78, 5) is 0.257. The second-order valence-electron chi connectivity index (χ2n) is 5.89. The van der Waals surface area contributed by atoms with Crippen LogP contribution in [0.2, 0.25) is 5.02 Å². The highest BCUT2D eigenvalue weighted by Crippen LogP contribution is 2.35. The average Bonchev–Trinajstić information content (AvgIpc) is 2.64. The van der Waals surface area contributed by atoms with Crippen molar-refractivity contribution in [2.45, 2.75) is 32.1 Å². The Morgan fingerprint density at radius 2 is 2.00 bits per heavy atom. The lowest BCUT2D eigenvalue weighted by Crippen LogP contribution is -2.31. The van der Waals surface area contributed by atoms with Crippen molar-refractivity contribution in [1.82, 2.24) is 4.31 Å². The number of halogens is 1. The maximum atomic E-state index is 12.6. The van der Waals surface area contributed by atoms with Gasteiger partial charge in [0.1, 0.15) is 0 Å². The number of hydrogen-bond acceptors (Lipinski definition) is 3. The quantitative estimate of drug-likeness (QED) is 0.854. The number of sulfonamides is 1. The molecule has 6 heteroatoms. The van der Waals surface area contributed by atoms with E-state index in [9.17, 15) is 8.42 Å². The first-order chi connectivity index (χ1) is 8.63. The number of benzene rings is 1. The minimum absolute atomic E-state index is 0.0267. The Kier molecular flexibility index (Phi) is 3.58. The minimum Gasteiger partial charge on any atom is -0.397 e. The summed E-state index contributed by atoms with van der Waals surface area (Å²) in [6, 6.07) is 3.06. The highest BCUT2D eigenvalue weighted by Gasteiger charge is 2.37. The lowest BCUT2D eigenvalue weighted by Gasteiger charge is -2.21. The molecule has 1 aliphatic rings. The Hall–Kier alpha value is -0.780. The molecule has 0 radical (unpaired) electrons. The normalized spacial score (nSPS) is 19.8. The monoisotopic (exact) mass is 302 g/mol. The molecule has 0 spiro atoms. The summed E-state index contributed by atoms with van der Waals surface area (Å²) in [7, 11) is -3.48. The highest BCUT2D eigenvalue weighted by atomic mass is 35.5. The van der Waals surface area contributed by atoms with Gasteiger partial charge in [-0.15, -0.1) is 0 Å². The Morgan fingerprint density at radius 1 is 1.37 bits per heavy atom. The first-order valence-electron chi connectivity index (χ1n) is 6.19. The van der Waals surface area contributed by atoms with Gasteiger partial charge in [0.05, 0.1) is 15.6 Å². The van der Waals surface area contributed by atoms with Crippen molar-refractivity contribution in [3.8, 4) is 0 Å². The van der Waals surface area contributed by atoms with Crippen molar-refractivity contribution < 1.29 is 8.42 Å². The van der Waals surface area contributed by atoms with Crippen molar-refractivity contribution in [2.75, 3.05) is 18.8 Å². The second kappa shape index (κ2) is 4.65. The average molecular weight is 303 g/mol. The van der Waals surface area contributed by atoms with Crippen LogP contribution in [0.4, 0.5) is 5.69 Å². The topological polar surface area (TPSA) is 63.4 Å². The molecule has 0 atom stereocenters. The lowest BCUT2D eigenvalue weighted by molar-refractivity contribution is 0.375. The summed E-state index contributed by atoms with van der Waals surface area (Å²) in [6.07, 6.45) is 0.869. The van der Waals surface area contributed by atoms with Gasteiger partial charge in [-0.25, -0.2) is 8.42 Å². The van der Waals surface area contributed by atoms with Crippen molar-refractivity contribution in [3.05, 3.63) is 22.7 Å². The van der Waals surface area contributed by atoms with E-state index in [1.807, 2.05) is 0 Å². The molecule has 1 saturated heterocycles. The molecule has 0 aromatic heterocycles. The van der Waals surface area contributed by atoms with Crippen LogP contribution in [0.1, 0.15) is 25.8 Å². The van der Waals surface area contributed by atoms with Gasteiger partial charge in [0.25, 0.3) is 0 Å². The van der Waals surface area contributed by atoms with Crippen LogP contribution < -0.4 is 5.73 Å². The first-order valence-corrected chi connectivity index (χ1v) is 8.01. The van der Waals surface area contributed by atoms with Crippen LogP contribution in [0.3, 0.4) is 0 Å². The summed E-state index contributed by atoms with van der Waals surface area (Å²) >= 11 is 5.91. The number of hydrogen-bond donors (Lipinski definition) is 1. The fourth-order valence-electron chi connectivity index (χ4n) is 2.35. The zero-order valence-corrected chi connectivity index (χ0v) is 13.0. The van der Waals surface area contributed by atoms with E-state index >= 15 is 0 Å². The van der Waals surface area contributed by atoms with Gasteiger partial charge in [0.2, 0.25) is 10.0 Å². The van der Waals surface area contributed by atoms with Crippen molar-refractivity contribution >= 4 is 27.3 Å². The molecule has 0 aliphatic carbocycles. The van der Waals surface area contributed by atoms with E-state index < -0.39 is 10.0 Å². The molecule has 106 valence electrons. The summed E-state index contributed by atoms with van der Waals surface area (Å²) in [6.45, 7) is 6.98. The number of aryl methyl sites for hydroxylation is 1. The highest BCUT2D eigenvalue weighted by molar-refractivity contribution is 7.89. The Balaban J connectivity index is 2.44. The SMILES string of the molecule is Cc1cc(Cl)c(N)cc1S(=O)(=O)N1CCC(C)(C)C1. The number of nitrogen functional groups attached to an aromatic ring is 1. The van der Waals surface area contributed by atoms with Crippen molar-refractivity contribution in [2.24, 2.45) is 5.41 Å². The molecule has 1 aromatic carbocycles. The van der Waals surface area contributed by atoms with E-state index in [1.165, 1.54) is 10.4 Å². The molecule has 2 N–H and O–H groups in total. The lowest BCUT2D eigenvalue weighted by atomic mass is 9.93. The fraction of sp³-hybridized carbons (Fsp3) is 0.538. The van der Waals surface area contributed by atoms with Crippen LogP contribution in [-0.2, 0) is 10.0 Å². The second-order valence-corrected chi connectivity index (χ2v) is 8.21. The third-order valence-corrected chi connectivity index (χ3v) is 5.87. The molecule has 0 bridgehead atoms. The number of nitrogens with zero attached hydrogens (tertiary/aromatic N) is 1. The predicted molar refractivity (Wildman–Crippen MR) is 77.8 cm³/mol. The van der Waals surface area contributed by atoms with Gasteiger partial charge in [-0.1, -0.05) is 25.4 Å². The van der Waals surface area contributed by atoms with Crippen LogP contribution >= 0.6 is 11.6 Å². The van der Waals surface area contributed by atoms with E-state index in [2.05, 4.69) is 13.8 Å². The third-order valence-electron chi connectivity index (χ3n) is 3.55. The van der Waals surface area contributed by atoms with E-state index in [4.69, 9.17) is 17.3 Å². The molecule has 1 fully saturated rings. The van der Waals surface area contributed by atoms with Crippen LogP contribution in [0, 0.1) is 12.3 Å². The third kappa shape index (κ3) is 2.73. The molecule has 2 rings (SSSR count). The Labute approximate surface area is 119 Å². The van der Waals surface area contributed by atoms with Gasteiger partial charge in [0.15, 0.2) is 0 Å². The molecule has 19 heavy (non-hydrogen) atoms. The maximum absolute atomic E-state index is 12.6. The molecule has 1 aromatic rings. The molecular weight excluding hydrogens is 284 g/mol. The Morgan fingerprint density at radius 3 is 2.53 bits per heavy atom. The summed E-state index contributed by atoms with van der Waals surface area (Å²) in [5.74, 6) is 0. The van der Waals surface area contributed by atoms with E-state index in [-0.39, 0.29) is 10.3 Å². The van der Waals surface area contributed by atoms with E-state index in [0.29, 0.717) is 29.4 Å². The van der Waals surface area contributed by atoms with Gasteiger partial charge >= 0.3 is 0 Å². The number of rotatable bonds is 2. The molecule has 0 unspecified atom stereocenters. The van der Waals surface area contributed by atoms with Crippen LogP contribution in [0.15, 0.2) is 17.0 Å². The molecular formula is C13H19ClN2O2S. The summed E-state index contributed by atoms with van der Waals surface area (Å²) in [5, 5.41) is 0.387. The maximum Gasteiger partial charge on any atom is 0.243 e. The smallest absolute Gasteiger partial charge is 0.243 e. The van der Waals surface area contributed by atoms with Gasteiger partial charge in [-0.2, -0.15) is 4.31 Å². The van der Waals surface area contributed by atoms with Crippen LogP contribution in [0.5, 0.6) is 0 Å². The molecule has 0 saturated carbocycles. The summed E-state index contributed by atoms with van der Waals surface area (Å²) in [5.41, 5.74) is 6.67. The zero-order valence-electron chi connectivity index (χ0n) is 11.4. The van der Waals surface area contributed by atoms with Crippen LogP contribution in [-0.4, -0.2) is 25.8 Å². The van der Waals surface area contributed by atoms with Crippen molar-refractivity contribution in [1.29, 1.82) is 0 Å². The van der Waals surface area contributed by atoms with E-state index in [0.717, 1.165) is 6.42 Å². The van der Waals surface area contributed by atoms with Gasteiger partial charge in [-0.3, -0.25) is 0 Å². The fourth-order valence-corrected chi connectivity index (χ4v) is 4.44. The standard InChI is InChI=1S/C13H19ClN2O2S/c1-9-6-10(14)11(15)7-12(9)19(17,18)16-5-4-13(2,3)8-16/h6-7H,4-5,8,15H2,1-3H3. The van der Waals surface area contributed by atoms with Gasteiger partial charge in [0, 0.05) is 13.1 Å². The predicted octanol–water partition coefficient (Wildman–Crippen LogP) is 2.65. The number of anilines is 1. The molecule has 1 heterocycles. The van der Waals surface area contributed by atoms with Crippen LogP contribution in [0.25, 0.3) is 0 Å². The Bertz CT molecular complexity index is 611. The molecule has 0 amide bonds. The zero-order chi connectivity index (χ0) is 14.4. The van der Waals surface area contributed by atoms with Gasteiger partial charge in [-0.05, 0) is 36.5 Å². The van der Waals surface area contributed by atoms with Crippen molar-refractivity contribution in [3.63, 3.8) is 0 Å². The number of nitrogens with two attached hydrogens (primary N) is 1. The van der Waals surface area contributed by atoms with E-state index in [1.54, 1.807) is 13.0 Å². The van der Waals surface area contributed by atoms with Gasteiger partial charge < -0.3 is 5.73 Å².